The summed E-state index contributed by atoms with van der Waals surface area (Å²) < 4.78 is 7.64. The van der Waals surface area contributed by atoms with Gasteiger partial charge in [0.2, 0.25) is 0 Å². The minimum atomic E-state index is 0. The number of fused-ring (bicyclic) bond motifs is 1. The summed E-state index contributed by atoms with van der Waals surface area (Å²) in [5.41, 5.74) is 1.07. The third kappa shape index (κ3) is 3.13. The van der Waals surface area contributed by atoms with Gasteiger partial charge in [0.25, 0.3) is 0 Å². The number of hydrogen-bond donors (Lipinski definition) is 1. The van der Waals surface area contributed by atoms with Crippen LogP contribution in [0.1, 0.15) is 19.8 Å². The second-order valence-corrected chi connectivity index (χ2v) is 5.04. The van der Waals surface area contributed by atoms with Gasteiger partial charge < -0.3 is 9.72 Å². The van der Waals surface area contributed by atoms with E-state index in [0.717, 1.165) is 39.4 Å². The molecule has 82 valence electrons. The van der Waals surface area contributed by atoms with E-state index in [1.54, 1.807) is 11.3 Å². The van der Waals surface area contributed by atoms with Crippen molar-refractivity contribution in [3.8, 4) is 5.75 Å². The van der Waals surface area contributed by atoms with Crippen molar-refractivity contribution in [2.45, 2.75) is 19.8 Å². The number of benzene rings is 1. The zero-order valence-electron chi connectivity index (χ0n) is 9.29. The number of aromatic nitrogens is 1. The Hall–Kier alpha value is -0.247. The van der Waals surface area contributed by atoms with Crippen molar-refractivity contribution in [2.24, 2.45) is 0 Å². The quantitative estimate of drug-likeness (QED) is 0.522. The molecule has 16 heavy (non-hydrogen) atoms. The molecule has 0 fully saturated rings. The Morgan fingerprint density at radius 2 is 2.25 bits per heavy atom. The van der Waals surface area contributed by atoms with Crippen molar-refractivity contribution < 1.29 is 24.2 Å². The molecule has 0 unspecified atom stereocenters. The van der Waals surface area contributed by atoms with Gasteiger partial charge in [-0.3, -0.25) is 0 Å². The normalized spacial score (nSPS) is 10.1. The molecule has 5 heteroatoms. The average molecular weight is 305 g/mol. The molecular formula is C11H13NOS2Zn. The van der Waals surface area contributed by atoms with E-state index in [-0.39, 0.29) is 19.5 Å². The summed E-state index contributed by atoms with van der Waals surface area (Å²) in [6, 6.07) is 6.01. The average Bonchev–Trinajstić information content (AvgIpc) is 2.59. The predicted molar refractivity (Wildman–Crippen MR) is 67.4 cm³/mol. The molecule has 0 aliphatic rings. The predicted octanol–water partition coefficient (Wildman–Crippen LogP) is 4.14. The van der Waals surface area contributed by atoms with Crippen LogP contribution in [-0.4, -0.2) is 11.6 Å². The maximum atomic E-state index is 5.72. The van der Waals surface area contributed by atoms with Gasteiger partial charge in [-0.25, -0.2) is 0 Å². The van der Waals surface area contributed by atoms with E-state index < -0.39 is 0 Å². The number of hydrogen-bond acceptors (Lipinski definition) is 3. The molecule has 0 amide bonds. The van der Waals surface area contributed by atoms with Gasteiger partial charge in [-0.2, -0.15) is 0 Å². The standard InChI is InChI=1S/C11H13NOS2.Zn/c1-2-3-7-13-9-6-4-5-8-10(9)15-11(14)12-8;/h4-6H,2-3,7H2,1H3,(H,12,14);. The number of H-pyrrole nitrogens is 1. The van der Waals surface area contributed by atoms with Gasteiger partial charge >= 0.3 is 0 Å². The van der Waals surface area contributed by atoms with E-state index in [1.165, 1.54) is 0 Å². The Morgan fingerprint density at radius 1 is 1.44 bits per heavy atom. The van der Waals surface area contributed by atoms with E-state index in [2.05, 4.69) is 11.9 Å². The Bertz CT molecular complexity index is 506. The van der Waals surface area contributed by atoms with Gasteiger partial charge in [0, 0.05) is 19.5 Å². The van der Waals surface area contributed by atoms with Crippen LogP contribution in [0.3, 0.4) is 0 Å². The van der Waals surface area contributed by atoms with Crippen LogP contribution < -0.4 is 4.74 Å². The summed E-state index contributed by atoms with van der Waals surface area (Å²) in [6.07, 6.45) is 2.24. The third-order valence-electron chi connectivity index (χ3n) is 2.17. The second-order valence-electron chi connectivity index (χ2n) is 3.35. The first-order chi connectivity index (χ1) is 7.31. The van der Waals surface area contributed by atoms with E-state index in [0.29, 0.717) is 0 Å². The Kier molecular flexibility index (Phi) is 5.60. The van der Waals surface area contributed by atoms with E-state index in [4.69, 9.17) is 17.0 Å². The maximum Gasteiger partial charge on any atom is 0.159 e. The molecule has 2 rings (SSSR count). The van der Waals surface area contributed by atoms with Crippen molar-refractivity contribution in [1.82, 2.24) is 4.98 Å². The molecule has 2 nitrogen and oxygen atoms in total. The monoisotopic (exact) mass is 303 g/mol. The number of aromatic amines is 1. The molecule has 0 atom stereocenters. The van der Waals surface area contributed by atoms with Crippen LogP contribution in [-0.2, 0) is 19.5 Å². The molecule has 1 N–H and O–H groups in total. The van der Waals surface area contributed by atoms with Crippen LogP contribution in [0.4, 0.5) is 0 Å². The van der Waals surface area contributed by atoms with Crippen molar-refractivity contribution in [3.63, 3.8) is 0 Å². The fourth-order valence-corrected chi connectivity index (χ4v) is 2.55. The SMILES string of the molecule is CCCCOc1cccc2[nH]c(=S)sc12.[Zn]. The van der Waals surface area contributed by atoms with Crippen LogP contribution in [0.15, 0.2) is 18.2 Å². The summed E-state index contributed by atoms with van der Waals surface area (Å²) >= 11 is 6.69. The summed E-state index contributed by atoms with van der Waals surface area (Å²) in [5, 5.41) is 0. The number of ether oxygens (including phenoxy) is 1. The van der Waals surface area contributed by atoms with Crippen LogP contribution in [0.2, 0.25) is 0 Å². The van der Waals surface area contributed by atoms with E-state index in [1.807, 2.05) is 18.2 Å². The molecule has 2 aromatic rings. The maximum absolute atomic E-state index is 5.72. The first-order valence-corrected chi connectivity index (χ1v) is 6.28. The molecule has 0 radical (unpaired) electrons. The summed E-state index contributed by atoms with van der Waals surface area (Å²) in [6.45, 7) is 2.94. The number of thiazole rings is 1. The molecule has 1 aromatic heterocycles. The largest absolute Gasteiger partial charge is 0.492 e. The molecule has 0 bridgehead atoms. The first-order valence-electron chi connectivity index (χ1n) is 5.06. The van der Waals surface area contributed by atoms with Gasteiger partial charge in [0.1, 0.15) is 5.75 Å². The topological polar surface area (TPSA) is 25.0 Å². The van der Waals surface area contributed by atoms with Crippen molar-refractivity contribution >= 4 is 33.8 Å². The zero-order valence-corrected chi connectivity index (χ0v) is 13.9. The summed E-state index contributed by atoms with van der Waals surface area (Å²) in [7, 11) is 0. The first kappa shape index (κ1) is 13.8. The van der Waals surface area contributed by atoms with Gasteiger partial charge in [-0.05, 0) is 30.8 Å². The van der Waals surface area contributed by atoms with Gasteiger partial charge in [-0.1, -0.05) is 19.4 Å². The van der Waals surface area contributed by atoms with Crippen LogP contribution in [0.25, 0.3) is 10.2 Å². The Morgan fingerprint density at radius 3 is 3.00 bits per heavy atom. The third-order valence-corrected chi connectivity index (χ3v) is 3.43. The molecular weight excluding hydrogens is 292 g/mol. The second kappa shape index (κ2) is 6.48. The smallest absolute Gasteiger partial charge is 0.159 e. The van der Waals surface area contributed by atoms with Crippen LogP contribution in [0.5, 0.6) is 5.75 Å². The van der Waals surface area contributed by atoms with E-state index >= 15 is 0 Å². The number of nitrogens with one attached hydrogen (secondary N) is 1. The van der Waals surface area contributed by atoms with Gasteiger partial charge in [0.05, 0.1) is 16.8 Å². The molecule has 0 spiro atoms. The summed E-state index contributed by atoms with van der Waals surface area (Å²) in [4.78, 5) is 3.14. The number of rotatable bonds is 4. The zero-order chi connectivity index (χ0) is 10.7. The number of unbranched alkanes of at least 4 members (excludes halogenated alkanes) is 1. The molecule has 1 heterocycles. The van der Waals surface area contributed by atoms with Crippen molar-refractivity contribution in [2.75, 3.05) is 6.61 Å². The minimum Gasteiger partial charge on any atom is -0.492 e. The fraction of sp³-hybridized carbons (Fsp3) is 0.364. The molecule has 0 saturated carbocycles. The van der Waals surface area contributed by atoms with Crippen LogP contribution in [0, 0.1) is 3.95 Å². The Labute approximate surface area is 117 Å². The van der Waals surface area contributed by atoms with Crippen molar-refractivity contribution in [1.29, 1.82) is 0 Å². The molecule has 0 aliphatic heterocycles. The van der Waals surface area contributed by atoms with Gasteiger partial charge in [0.15, 0.2) is 3.95 Å². The molecule has 1 aromatic carbocycles. The summed E-state index contributed by atoms with van der Waals surface area (Å²) in [5.74, 6) is 0.943. The minimum absolute atomic E-state index is 0. The van der Waals surface area contributed by atoms with Crippen molar-refractivity contribution in [3.05, 3.63) is 22.2 Å². The van der Waals surface area contributed by atoms with Gasteiger partial charge in [-0.15, -0.1) is 11.3 Å². The van der Waals surface area contributed by atoms with Crippen LogP contribution >= 0.6 is 23.6 Å². The van der Waals surface area contributed by atoms with E-state index in [9.17, 15) is 0 Å². The molecule has 0 saturated heterocycles. The fourth-order valence-electron chi connectivity index (χ4n) is 1.39. The molecule has 0 aliphatic carbocycles. The Balaban J connectivity index is 0.00000128.